The Balaban J connectivity index is 2.01. The fourth-order valence-electron chi connectivity index (χ4n) is 2.56. The lowest BCUT2D eigenvalue weighted by Gasteiger charge is -2.11. The number of carbonyl (C=O) groups excluding carboxylic acids is 1. The van der Waals surface area contributed by atoms with Crippen molar-refractivity contribution >= 4 is 21.6 Å². The molecule has 2 N–H and O–H groups in total. The molecule has 0 spiro atoms. The lowest BCUT2D eigenvalue weighted by Crippen LogP contribution is -2.34. The van der Waals surface area contributed by atoms with Crippen LogP contribution >= 0.6 is 0 Å². The van der Waals surface area contributed by atoms with Crippen LogP contribution in [-0.2, 0) is 17.1 Å². The van der Waals surface area contributed by atoms with Crippen LogP contribution in [-0.4, -0.2) is 31.5 Å². The van der Waals surface area contributed by atoms with E-state index in [-0.39, 0.29) is 28.6 Å². The van der Waals surface area contributed by atoms with Gasteiger partial charge in [0.15, 0.2) is 28.9 Å². The number of hydrogen-bond acceptors (Lipinski definition) is 4. The van der Waals surface area contributed by atoms with Gasteiger partial charge in [-0.05, 0) is 6.92 Å². The molecule has 0 unspecified atom stereocenters. The minimum atomic E-state index is -3.90. The van der Waals surface area contributed by atoms with Gasteiger partial charge in [-0.2, -0.15) is 0 Å². The monoisotopic (exact) mass is 389 g/mol. The predicted molar refractivity (Wildman–Crippen MR) is 85.0 cm³/mol. The van der Waals surface area contributed by atoms with E-state index in [4.69, 9.17) is 4.74 Å². The van der Waals surface area contributed by atoms with Crippen LogP contribution in [0.5, 0.6) is 5.75 Å². The van der Waals surface area contributed by atoms with Gasteiger partial charge in [0.2, 0.25) is 10.0 Å². The molecule has 0 saturated carbocycles. The maximum absolute atomic E-state index is 13.3. The smallest absolute Gasteiger partial charge is 0.276 e. The molecule has 1 aromatic carbocycles. The highest BCUT2D eigenvalue weighted by atomic mass is 32.2. The first-order valence-electron chi connectivity index (χ1n) is 7.40. The maximum atomic E-state index is 13.3. The SMILES string of the molecule is C[C@H]1COc2c(cn(C)c2C(=O)Nc2cc(F)c(F)c(F)c2)S(=O)(=O)N1. The van der Waals surface area contributed by atoms with E-state index in [2.05, 4.69) is 10.0 Å². The first kappa shape index (κ1) is 18.3. The van der Waals surface area contributed by atoms with Gasteiger partial charge in [-0.1, -0.05) is 0 Å². The molecule has 1 amide bonds. The molecule has 7 nitrogen and oxygen atoms in total. The average Bonchev–Trinajstić information content (AvgIpc) is 2.82. The zero-order chi connectivity index (χ0) is 19.2. The van der Waals surface area contributed by atoms with Crippen molar-refractivity contribution in [1.29, 1.82) is 0 Å². The summed E-state index contributed by atoms with van der Waals surface area (Å²) in [6.45, 7) is 1.57. The third kappa shape index (κ3) is 3.15. The van der Waals surface area contributed by atoms with Gasteiger partial charge in [-0.15, -0.1) is 0 Å². The molecule has 0 radical (unpaired) electrons. The van der Waals surface area contributed by atoms with E-state index >= 15 is 0 Å². The van der Waals surface area contributed by atoms with Gasteiger partial charge in [0, 0.05) is 31.1 Å². The Bertz CT molecular complexity index is 981. The Labute approximate surface area is 146 Å². The van der Waals surface area contributed by atoms with Crippen molar-refractivity contribution in [3.05, 3.63) is 41.5 Å². The lowest BCUT2D eigenvalue weighted by atomic mass is 10.2. The fourth-order valence-corrected chi connectivity index (χ4v) is 3.98. The Hall–Kier alpha value is -2.53. The third-order valence-electron chi connectivity index (χ3n) is 3.68. The number of hydrogen-bond donors (Lipinski definition) is 2. The second kappa shape index (κ2) is 6.32. The molecule has 1 aliphatic rings. The molecule has 11 heteroatoms. The minimum absolute atomic E-state index is 0.0175. The van der Waals surface area contributed by atoms with E-state index < -0.39 is 39.4 Å². The molecule has 2 heterocycles. The number of aryl methyl sites for hydroxylation is 1. The van der Waals surface area contributed by atoms with Crippen LogP contribution in [0.3, 0.4) is 0 Å². The molecule has 0 aliphatic carbocycles. The van der Waals surface area contributed by atoms with Crippen molar-refractivity contribution in [2.75, 3.05) is 11.9 Å². The number of aromatic nitrogens is 1. The van der Waals surface area contributed by atoms with E-state index in [1.54, 1.807) is 6.92 Å². The first-order chi connectivity index (χ1) is 12.1. The number of amides is 1. The fraction of sp³-hybridized carbons (Fsp3) is 0.267. The normalized spacial score (nSPS) is 18.6. The van der Waals surface area contributed by atoms with Crippen LogP contribution < -0.4 is 14.8 Å². The number of ether oxygens (including phenoxy) is 1. The molecule has 0 saturated heterocycles. The van der Waals surface area contributed by atoms with Gasteiger partial charge < -0.3 is 14.6 Å². The molecule has 140 valence electrons. The van der Waals surface area contributed by atoms with E-state index in [1.807, 2.05) is 0 Å². The highest BCUT2D eigenvalue weighted by Crippen LogP contribution is 2.32. The molecule has 1 aliphatic heterocycles. The molecule has 0 bridgehead atoms. The van der Waals surface area contributed by atoms with Gasteiger partial charge in [0.05, 0.1) is 6.04 Å². The van der Waals surface area contributed by atoms with Crippen LogP contribution in [0.1, 0.15) is 17.4 Å². The number of anilines is 1. The Morgan fingerprint density at radius 1 is 1.31 bits per heavy atom. The van der Waals surface area contributed by atoms with Crippen LogP contribution in [0.25, 0.3) is 0 Å². The van der Waals surface area contributed by atoms with Gasteiger partial charge in [-0.3, -0.25) is 4.79 Å². The standard InChI is InChI=1S/C15H14F3N3O4S/c1-7-6-25-14-11(26(23,24)20-7)5-21(2)13(14)15(22)19-8-3-9(16)12(18)10(17)4-8/h3-5,7,20H,6H2,1-2H3,(H,19,22)/t7-/m0/s1. The summed E-state index contributed by atoms with van der Waals surface area (Å²) >= 11 is 0. The zero-order valence-corrected chi connectivity index (χ0v) is 14.5. The number of nitrogens with one attached hydrogen (secondary N) is 2. The zero-order valence-electron chi connectivity index (χ0n) is 13.6. The summed E-state index contributed by atoms with van der Waals surface area (Å²) < 4.78 is 73.3. The first-order valence-corrected chi connectivity index (χ1v) is 8.89. The number of fused-ring (bicyclic) bond motifs is 1. The molecule has 26 heavy (non-hydrogen) atoms. The van der Waals surface area contributed by atoms with Gasteiger partial charge in [0.25, 0.3) is 5.91 Å². The Morgan fingerprint density at radius 2 is 1.92 bits per heavy atom. The van der Waals surface area contributed by atoms with E-state index in [0.29, 0.717) is 12.1 Å². The van der Waals surface area contributed by atoms with Crippen molar-refractivity contribution in [2.45, 2.75) is 17.9 Å². The average molecular weight is 389 g/mol. The summed E-state index contributed by atoms with van der Waals surface area (Å²) in [6, 6.07) is 0.701. The predicted octanol–water partition coefficient (Wildman–Crippen LogP) is 1.75. The number of nitrogens with zero attached hydrogens (tertiary/aromatic N) is 1. The number of benzene rings is 1. The summed E-state index contributed by atoms with van der Waals surface area (Å²) in [4.78, 5) is 12.3. The summed E-state index contributed by atoms with van der Waals surface area (Å²) in [5, 5.41) is 2.20. The number of carbonyl (C=O) groups is 1. The van der Waals surface area contributed by atoms with E-state index in [9.17, 15) is 26.4 Å². The van der Waals surface area contributed by atoms with Crippen molar-refractivity contribution in [2.24, 2.45) is 7.05 Å². The van der Waals surface area contributed by atoms with Gasteiger partial charge in [0.1, 0.15) is 11.5 Å². The molecular formula is C15H14F3N3O4S. The van der Waals surface area contributed by atoms with Gasteiger partial charge >= 0.3 is 0 Å². The summed E-state index contributed by atoms with van der Waals surface area (Å²) in [5.41, 5.74) is -0.492. The topological polar surface area (TPSA) is 89.4 Å². The Kier molecular flexibility index (Phi) is 4.44. The van der Waals surface area contributed by atoms with Crippen LogP contribution in [0, 0.1) is 17.5 Å². The quantitative estimate of drug-likeness (QED) is 0.766. The van der Waals surface area contributed by atoms with E-state index in [1.165, 1.54) is 17.8 Å². The minimum Gasteiger partial charge on any atom is -0.488 e. The highest BCUT2D eigenvalue weighted by molar-refractivity contribution is 7.89. The highest BCUT2D eigenvalue weighted by Gasteiger charge is 2.33. The number of halogens is 3. The molecule has 2 aromatic rings. The number of rotatable bonds is 2. The van der Waals surface area contributed by atoms with Crippen molar-refractivity contribution in [3.63, 3.8) is 0 Å². The molecule has 1 aromatic heterocycles. The third-order valence-corrected chi connectivity index (χ3v) is 5.27. The Morgan fingerprint density at radius 3 is 2.54 bits per heavy atom. The summed E-state index contributed by atoms with van der Waals surface area (Å²) in [6.07, 6.45) is 1.19. The van der Waals surface area contributed by atoms with E-state index in [0.717, 1.165) is 0 Å². The van der Waals surface area contributed by atoms with Crippen LogP contribution in [0.4, 0.5) is 18.9 Å². The van der Waals surface area contributed by atoms with Crippen molar-refractivity contribution < 1.29 is 31.1 Å². The second-order valence-electron chi connectivity index (χ2n) is 5.82. The molecular weight excluding hydrogens is 375 g/mol. The largest absolute Gasteiger partial charge is 0.488 e. The van der Waals surface area contributed by atoms with Crippen molar-refractivity contribution in [1.82, 2.24) is 9.29 Å². The van der Waals surface area contributed by atoms with Crippen LogP contribution in [0.2, 0.25) is 0 Å². The maximum Gasteiger partial charge on any atom is 0.276 e. The molecule has 3 rings (SSSR count). The summed E-state index contributed by atoms with van der Waals surface area (Å²) in [5.74, 6) is -5.65. The lowest BCUT2D eigenvalue weighted by molar-refractivity contribution is 0.101. The summed E-state index contributed by atoms with van der Waals surface area (Å²) in [7, 11) is -2.49. The van der Waals surface area contributed by atoms with Crippen LogP contribution in [0.15, 0.2) is 23.2 Å². The molecule has 1 atom stereocenters. The van der Waals surface area contributed by atoms with Crippen molar-refractivity contribution in [3.8, 4) is 5.75 Å². The van der Waals surface area contributed by atoms with Gasteiger partial charge in [-0.25, -0.2) is 26.3 Å². The molecule has 0 fully saturated rings. The second-order valence-corrected chi connectivity index (χ2v) is 7.51. The number of sulfonamides is 1.